The Labute approximate surface area is 124 Å². The van der Waals surface area contributed by atoms with Crippen LogP contribution in [0.4, 0.5) is 4.79 Å². The third-order valence-corrected chi connectivity index (χ3v) is 3.37. The van der Waals surface area contributed by atoms with E-state index >= 15 is 0 Å². The Bertz CT molecular complexity index is 422. The van der Waals surface area contributed by atoms with Gasteiger partial charge in [-0.2, -0.15) is 0 Å². The van der Waals surface area contributed by atoms with Crippen LogP contribution in [-0.4, -0.2) is 41.6 Å². The fraction of sp³-hybridized carbons (Fsp3) is 0.643. The van der Waals surface area contributed by atoms with Gasteiger partial charge >= 0.3 is 12.0 Å². The zero-order valence-electron chi connectivity index (χ0n) is 12.4. The summed E-state index contributed by atoms with van der Waals surface area (Å²) in [5.41, 5.74) is 0. The van der Waals surface area contributed by atoms with Crippen molar-refractivity contribution in [3.63, 3.8) is 0 Å². The number of hydrogen-bond donors (Lipinski definition) is 4. The molecule has 0 heterocycles. The Hall–Kier alpha value is -2.05. The molecule has 1 aliphatic rings. The van der Waals surface area contributed by atoms with E-state index in [1.165, 1.54) is 0 Å². The molecule has 7 heteroatoms. The molecule has 0 saturated carbocycles. The van der Waals surface area contributed by atoms with Gasteiger partial charge in [-0.05, 0) is 19.8 Å². The number of urea groups is 1. The smallest absolute Gasteiger partial charge is 0.315 e. The predicted molar refractivity (Wildman–Crippen MR) is 77.7 cm³/mol. The van der Waals surface area contributed by atoms with Crippen LogP contribution in [0.3, 0.4) is 0 Å². The van der Waals surface area contributed by atoms with E-state index < -0.39 is 17.9 Å². The average Bonchev–Trinajstić information content (AvgIpc) is 2.87. The number of carbonyl (C=O) groups excluding carboxylic acids is 2. The van der Waals surface area contributed by atoms with Crippen LogP contribution in [0.15, 0.2) is 12.2 Å². The SMILES string of the molecule is CCC(C)NC(=O)CCNC(=O)NC1C=CC(C(=O)O)C1. The molecule has 0 aliphatic heterocycles. The molecule has 7 nitrogen and oxygen atoms in total. The minimum absolute atomic E-state index is 0.101. The Morgan fingerprint density at radius 2 is 2.05 bits per heavy atom. The number of carboxylic acids is 1. The monoisotopic (exact) mass is 297 g/mol. The molecule has 0 bridgehead atoms. The highest BCUT2D eigenvalue weighted by molar-refractivity contribution is 5.79. The van der Waals surface area contributed by atoms with Crippen molar-refractivity contribution >= 4 is 17.9 Å². The van der Waals surface area contributed by atoms with Gasteiger partial charge in [-0.15, -0.1) is 0 Å². The van der Waals surface area contributed by atoms with E-state index in [0.717, 1.165) is 6.42 Å². The van der Waals surface area contributed by atoms with Crippen molar-refractivity contribution in [2.75, 3.05) is 6.54 Å². The van der Waals surface area contributed by atoms with E-state index in [2.05, 4.69) is 16.0 Å². The molecule has 21 heavy (non-hydrogen) atoms. The lowest BCUT2D eigenvalue weighted by Gasteiger charge is -2.14. The normalized spacial score (nSPS) is 21.6. The lowest BCUT2D eigenvalue weighted by atomic mass is 10.1. The highest BCUT2D eigenvalue weighted by Gasteiger charge is 2.25. The summed E-state index contributed by atoms with van der Waals surface area (Å²) in [4.78, 5) is 33.9. The van der Waals surface area contributed by atoms with Crippen LogP contribution in [0.1, 0.15) is 33.1 Å². The standard InChI is InChI=1S/C14H23N3O4/c1-3-9(2)16-12(18)6-7-15-14(21)17-11-5-4-10(8-11)13(19)20/h4-5,9-11H,3,6-8H2,1-2H3,(H,16,18)(H,19,20)(H2,15,17,21). The van der Waals surface area contributed by atoms with Crippen molar-refractivity contribution in [1.82, 2.24) is 16.0 Å². The molecule has 1 aliphatic carbocycles. The lowest BCUT2D eigenvalue weighted by Crippen LogP contribution is -2.42. The molecule has 3 unspecified atom stereocenters. The quantitative estimate of drug-likeness (QED) is 0.517. The van der Waals surface area contributed by atoms with Gasteiger partial charge in [0.25, 0.3) is 0 Å². The molecule has 0 aromatic rings. The van der Waals surface area contributed by atoms with Crippen LogP contribution in [0, 0.1) is 5.92 Å². The van der Waals surface area contributed by atoms with Crippen molar-refractivity contribution in [3.8, 4) is 0 Å². The van der Waals surface area contributed by atoms with Gasteiger partial charge in [0.1, 0.15) is 0 Å². The highest BCUT2D eigenvalue weighted by atomic mass is 16.4. The van der Waals surface area contributed by atoms with Gasteiger partial charge in [0, 0.05) is 19.0 Å². The summed E-state index contributed by atoms with van der Waals surface area (Å²) in [6.45, 7) is 4.15. The average molecular weight is 297 g/mol. The number of amides is 3. The lowest BCUT2D eigenvalue weighted by molar-refractivity contribution is -0.140. The number of carboxylic acid groups (broad SMARTS) is 1. The largest absolute Gasteiger partial charge is 0.481 e. The van der Waals surface area contributed by atoms with Crippen LogP contribution in [0.5, 0.6) is 0 Å². The molecular weight excluding hydrogens is 274 g/mol. The summed E-state index contributed by atoms with van der Waals surface area (Å²) in [5.74, 6) is -1.54. The topological polar surface area (TPSA) is 108 Å². The molecule has 3 atom stereocenters. The zero-order chi connectivity index (χ0) is 15.8. The van der Waals surface area contributed by atoms with E-state index in [1.54, 1.807) is 12.2 Å². The molecule has 0 aromatic carbocycles. The van der Waals surface area contributed by atoms with Crippen molar-refractivity contribution in [2.45, 2.75) is 45.2 Å². The fourth-order valence-corrected chi connectivity index (χ4v) is 1.95. The first kappa shape index (κ1) is 17.0. The summed E-state index contributed by atoms with van der Waals surface area (Å²) in [6, 6.07) is -0.546. The Morgan fingerprint density at radius 3 is 2.62 bits per heavy atom. The first-order chi connectivity index (χ1) is 9.92. The summed E-state index contributed by atoms with van der Waals surface area (Å²) in [6.07, 6.45) is 4.69. The molecule has 118 valence electrons. The molecule has 4 N–H and O–H groups in total. The van der Waals surface area contributed by atoms with Gasteiger partial charge < -0.3 is 21.1 Å². The van der Waals surface area contributed by atoms with Crippen molar-refractivity contribution < 1.29 is 19.5 Å². The minimum Gasteiger partial charge on any atom is -0.481 e. The number of aliphatic carboxylic acids is 1. The van der Waals surface area contributed by atoms with E-state index in [1.807, 2.05) is 13.8 Å². The van der Waals surface area contributed by atoms with Gasteiger partial charge in [0.2, 0.25) is 5.91 Å². The van der Waals surface area contributed by atoms with Crippen LogP contribution in [0.25, 0.3) is 0 Å². The number of rotatable bonds is 7. The zero-order valence-corrected chi connectivity index (χ0v) is 12.4. The maximum absolute atomic E-state index is 11.6. The van der Waals surface area contributed by atoms with Gasteiger partial charge in [-0.1, -0.05) is 19.1 Å². The number of hydrogen-bond acceptors (Lipinski definition) is 3. The third kappa shape index (κ3) is 6.29. The highest BCUT2D eigenvalue weighted by Crippen LogP contribution is 2.17. The molecule has 1 rings (SSSR count). The van der Waals surface area contributed by atoms with Gasteiger partial charge in [-0.3, -0.25) is 9.59 Å². The summed E-state index contributed by atoms with van der Waals surface area (Å²) < 4.78 is 0. The second-order valence-corrected chi connectivity index (χ2v) is 5.20. The van der Waals surface area contributed by atoms with Crippen LogP contribution in [-0.2, 0) is 9.59 Å². The maximum Gasteiger partial charge on any atom is 0.315 e. The van der Waals surface area contributed by atoms with Gasteiger partial charge in [0.05, 0.1) is 12.0 Å². The molecule has 0 saturated heterocycles. The minimum atomic E-state index is -0.891. The second kappa shape index (κ2) is 8.28. The van der Waals surface area contributed by atoms with E-state index in [0.29, 0.717) is 6.42 Å². The molecule has 0 radical (unpaired) electrons. The number of nitrogens with one attached hydrogen (secondary N) is 3. The number of carbonyl (C=O) groups is 3. The van der Waals surface area contributed by atoms with E-state index in [-0.39, 0.29) is 31.0 Å². The Kier molecular flexibility index (Phi) is 6.71. The third-order valence-electron chi connectivity index (χ3n) is 3.37. The van der Waals surface area contributed by atoms with Crippen molar-refractivity contribution in [1.29, 1.82) is 0 Å². The molecule has 3 amide bonds. The van der Waals surface area contributed by atoms with Gasteiger partial charge in [-0.25, -0.2) is 4.79 Å². The first-order valence-corrected chi connectivity index (χ1v) is 7.17. The Balaban J connectivity index is 2.16. The fourth-order valence-electron chi connectivity index (χ4n) is 1.95. The van der Waals surface area contributed by atoms with Crippen molar-refractivity contribution in [3.05, 3.63) is 12.2 Å². The first-order valence-electron chi connectivity index (χ1n) is 7.17. The van der Waals surface area contributed by atoms with Crippen molar-refractivity contribution in [2.24, 2.45) is 5.92 Å². The molecular formula is C14H23N3O4. The molecule has 0 fully saturated rings. The van der Waals surface area contributed by atoms with Gasteiger partial charge in [0.15, 0.2) is 0 Å². The second-order valence-electron chi connectivity index (χ2n) is 5.20. The molecule has 0 spiro atoms. The summed E-state index contributed by atoms with van der Waals surface area (Å²) >= 11 is 0. The summed E-state index contributed by atoms with van der Waals surface area (Å²) in [5, 5.41) is 16.9. The molecule has 0 aromatic heterocycles. The van der Waals surface area contributed by atoms with Crippen LogP contribution in [0.2, 0.25) is 0 Å². The van der Waals surface area contributed by atoms with E-state index in [4.69, 9.17) is 5.11 Å². The summed E-state index contributed by atoms with van der Waals surface area (Å²) in [7, 11) is 0. The van der Waals surface area contributed by atoms with Crippen LogP contribution >= 0.6 is 0 Å². The van der Waals surface area contributed by atoms with Crippen LogP contribution < -0.4 is 16.0 Å². The maximum atomic E-state index is 11.6. The Morgan fingerprint density at radius 1 is 1.33 bits per heavy atom. The predicted octanol–water partition coefficient (Wildman–Crippen LogP) is 0.620. The van der Waals surface area contributed by atoms with E-state index in [9.17, 15) is 14.4 Å².